The summed E-state index contributed by atoms with van der Waals surface area (Å²) >= 11 is 0. The Hall–Kier alpha value is -2.89. The van der Waals surface area contributed by atoms with E-state index in [-0.39, 0.29) is 0 Å². The molecule has 0 saturated carbocycles. The summed E-state index contributed by atoms with van der Waals surface area (Å²) in [6, 6.07) is 14.2. The Labute approximate surface area is 154 Å². The molecular weight excluding hydrogens is 330 g/mol. The fourth-order valence-corrected chi connectivity index (χ4v) is 2.76. The van der Waals surface area contributed by atoms with E-state index in [4.69, 9.17) is 14.2 Å². The first-order chi connectivity index (χ1) is 12.8. The predicted octanol–water partition coefficient (Wildman–Crippen LogP) is 2.37. The molecule has 0 radical (unpaired) electrons. The third-order valence-electron chi connectivity index (χ3n) is 4.23. The first-order valence-electron chi connectivity index (χ1n) is 8.74. The summed E-state index contributed by atoms with van der Waals surface area (Å²) in [5.41, 5.74) is 2.46. The maximum atomic E-state index is 5.41. The summed E-state index contributed by atoms with van der Waals surface area (Å²) in [6.07, 6.45) is 1.81. The summed E-state index contributed by atoms with van der Waals surface area (Å²) in [4.78, 5) is 4.27. The molecule has 2 N–H and O–H groups in total. The molecule has 0 amide bonds. The smallest absolute Gasteiger partial charge is 0.231 e. The van der Waals surface area contributed by atoms with Gasteiger partial charge in [-0.15, -0.1) is 0 Å². The van der Waals surface area contributed by atoms with Crippen LogP contribution in [0.15, 0.2) is 47.5 Å². The zero-order chi connectivity index (χ0) is 18.2. The molecule has 0 fully saturated rings. The van der Waals surface area contributed by atoms with Crippen molar-refractivity contribution in [2.24, 2.45) is 4.99 Å². The zero-order valence-corrected chi connectivity index (χ0v) is 15.2. The van der Waals surface area contributed by atoms with Crippen LogP contribution in [0.5, 0.6) is 17.2 Å². The van der Waals surface area contributed by atoms with Crippen LogP contribution in [0.3, 0.4) is 0 Å². The van der Waals surface area contributed by atoms with Gasteiger partial charge in [0.25, 0.3) is 0 Å². The number of guanidine groups is 1. The van der Waals surface area contributed by atoms with Gasteiger partial charge in [-0.3, -0.25) is 4.99 Å². The second kappa shape index (κ2) is 8.99. The van der Waals surface area contributed by atoms with Crippen LogP contribution in [-0.2, 0) is 12.8 Å². The summed E-state index contributed by atoms with van der Waals surface area (Å²) in [5, 5.41) is 6.67. The number of fused-ring (bicyclic) bond motifs is 1. The molecule has 138 valence electrons. The van der Waals surface area contributed by atoms with E-state index in [1.165, 1.54) is 11.1 Å². The molecule has 0 aliphatic carbocycles. The maximum absolute atomic E-state index is 5.41. The number of benzene rings is 2. The van der Waals surface area contributed by atoms with Crippen molar-refractivity contribution in [1.82, 2.24) is 10.6 Å². The van der Waals surface area contributed by atoms with E-state index < -0.39 is 0 Å². The number of ether oxygens (including phenoxy) is 3. The normalized spacial score (nSPS) is 12.8. The van der Waals surface area contributed by atoms with Gasteiger partial charge in [-0.2, -0.15) is 0 Å². The lowest BCUT2D eigenvalue weighted by molar-refractivity contribution is 0.174. The van der Waals surface area contributed by atoms with Crippen molar-refractivity contribution in [2.75, 3.05) is 34.0 Å². The third-order valence-corrected chi connectivity index (χ3v) is 4.23. The molecule has 1 aliphatic rings. The molecule has 0 bridgehead atoms. The SMILES string of the molecule is CN=C(NCCc1ccc(OC)cc1)NCCc1ccc2c(c1)OCO2. The Morgan fingerprint density at radius 3 is 2.31 bits per heavy atom. The molecule has 2 aromatic carbocycles. The van der Waals surface area contributed by atoms with Gasteiger partial charge in [-0.1, -0.05) is 18.2 Å². The van der Waals surface area contributed by atoms with Gasteiger partial charge in [0.15, 0.2) is 17.5 Å². The molecule has 6 nitrogen and oxygen atoms in total. The van der Waals surface area contributed by atoms with Crippen molar-refractivity contribution in [2.45, 2.75) is 12.8 Å². The van der Waals surface area contributed by atoms with Crippen LogP contribution in [0.2, 0.25) is 0 Å². The zero-order valence-electron chi connectivity index (χ0n) is 15.2. The molecule has 0 aromatic heterocycles. The van der Waals surface area contributed by atoms with Crippen LogP contribution in [0.4, 0.5) is 0 Å². The van der Waals surface area contributed by atoms with Crippen LogP contribution in [0.1, 0.15) is 11.1 Å². The fourth-order valence-electron chi connectivity index (χ4n) is 2.76. The Morgan fingerprint density at radius 1 is 0.962 bits per heavy atom. The average molecular weight is 355 g/mol. The predicted molar refractivity (Wildman–Crippen MR) is 102 cm³/mol. The average Bonchev–Trinajstić information content (AvgIpc) is 3.15. The summed E-state index contributed by atoms with van der Waals surface area (Å²) in [5.74, 6) is 3.32. The number of nitrogens with zero attached hydrogens (tertiary/aromatic N) is 1. The van der Waals surface area contributed by atoms with Gasteiger partial charge in [0.05, 0.1) is 7.11 Å². The number of hydrogen-bond donors (Lipinski definition) is 2. The second-order valence-electron chi connectivity index (χ2n) is 5.96. The summed E-state index contributed by atoms with van der Waals surface area (Å²) < 4.78 is 15.9. The Bertz CT molecular complexity index is 744. The Morgan fingerprint density at radius 2 is 1.62 bits per heavy atom. The highest BCUT2D eigenvalue weighted by atomic mass is 16.7. The fraction of sp³-hybridized carbons (Fsp3) is 0.350. The van der Waals surface area contributed by atoms with E-state index in [9.17, 15) is 0 Å². The monoisotopic (exact) mass is 355 g/mol. The Kier molecular flexibility index (Phi) is 6.19. The van der Waals surface area contributed by atoms with Crippen molar-refractivity contribution in [3.63, 3.8) is 0 Å². The van der Waals surface area contributed by atoms with Gasteiger partial charge < -0.3 is 24.8 Å². The molecule has 0 spiro atoms. The highest BCUT2D eigenvalue weighted by Gasteiger charge is 2.12. The van der Waals surface area contributed by atoms with Crippen molar-refractivity contribution in [1.29, 1.82) is 0 Å². The lowest BCUT2D eigenvalue weighted by Crippen LogP contribution is -2.39. The summed E-state index contributed by atoms with van der Waals surface area (Å²) in [6.45, 7) is 1.92. The summed E-state index contributed by atoms with van der Waals surface area (Å²) in [7, 11) is 3.46. The van der Waals surface area contributed by atoms with Crippen LogP contribution in [0.25, 0.3) is 0 Å². The quantitative estimate of drug-likeness (QED) is 0.590. The van der Waals surface area contributed by atoms with E-state index >= 15 is 0 Å². The van der Waals surface area contributed by atoms with E-state index in [0.717, 1.165) is 49.1 Å². The molecule has 1 aliphatic heterocycles. The number of rotatable bonds is 7. The van der Waals surface area contributed by atoms with Gasteiger partial charge >= 0.3 is 0 Å². The van der Waals surface area contributed by atoms with Gasteiger partial charge in [-0.25, -0.2) is 0 Å². The minimum atomic E-state index is 0.307. The second-order valence-corrected chi connectivity index (χ2v) is 5.96. The minimum Gasteiger partial charge on any atom is -0.497 e. The van der Waals surface area contributed by atoms with Crippen molar-refractivity contribution in [3.8, 4) is 17.2 Å². The van der Waals surface area contributed by atoms with Gasteiger partial charge in [0.2, 0.25) is 6.79 Å². The first kappa shape index (κ1) is 17.9. The van der Waals surface area contributed by atoms with Crippen molar-refractivity contribution < 1.29 is 14.2 Å². The highest BCUT2D eigenvalue weighted by Crippen LogP contribution is 2.32. The lowest BCUT2D eigenvalue weighted by Gasteiger charge is -2.12. The number of methoxy groups -OCH3 is 1. The van der Waals surface area contributed by atoms with E-state index in [1.807, 2.05) is 24.3 Å². The number of nitrogens with one attached hydrogen (secondary N) is 2. The van der Waals surface area contributed by atoms with Gasteiger partial charge in [0.1, 0.15) is 5.75 Å². The standard InChI is InChI=1S/C20H25N3O3/c1-21-20(22-11-9-15-3-6-17(24-2)7-4-15)23-12-10-16-5-8-18-19(13-16)26-14-25-18/h3-8,13H,9-12,14H2,1-2H3,(H2,21,22,23). The van der Waals surface area contributed by atoms with Crippen LogP contribution < -0.4 is 24.8 Å². The number of aliphatic imine (C=N–C) groups is 1. The number of hydrogen-bond acceptors (Lipinski definition) is 4. The highest BCUT2D eigenvalue weighted by molar-refractivity contribution is 5.79. The topological polar surface area (TPSA) is 64.1 Å². The Balaban J connectivity index is 1.39. The molecule has 1 heterocycles. The molecule has 0 saturated heterocycles. The molecule has 6 heteroatoms. The molecule has 26 heavy (non-hydrogen) atoms. The van der Waals surface area contributed by atoms with E-state index in [0.29, 0.717) is 6.79 Å². The minimum absolute atomic E-state index is 0.307. The van der Waals surface area contributed by atoms with E-state index in [2.05, 4.69) is 33.8 Å². The van der Waals surface area contributed by atoms with E-state index in [1.54, 1.807) is 14.2 Å². The largest absolute Gasteiger partial charge is 0.497 e. The molecular formula is C20H25N3O3. The van der Waals surface area contributed by atoms with Crippen LogP contribution in [-0.4, -0.2) is 40.0 Å². The van der Waals surface area contributed by atoms with Crippen LogP contribution >= 0.6 is 0 Å². The van der Waals surface area contributed by atoms with Crippen molar-refractivity contribution >= 4 is 5.96 Å². The third kappa shape index (κ3) is 4.81. The lowest BCUT2D eigenvalue weighted by atomic mass is 10.1. The molecule has 2 aromatic rings. The maximum Gasteiger partial charge on any atom is 0.231 e. The molecule has 0 unspecified atom stereocenters. The van der Waals surface area contributed by atoms with Crippen LogP contribution in [0, 0.1) is 0 Å². The van der Waals surface area contributed by atoms with Crippen molar-refractivity contribution in [3.05, 3.63) is 53.6 Å². The molecule has 0 atom stereocenters. The van der Waals surface area contributed by atoms with Gasteiger partial charge in [-0.05, 0) is 48.2 Å². The first-order valence-corrected chi connectivity index (χ1v) is 8.74. The van der Waals surface area contributed by atoms with Gasteiger partial charge in [0, 0.05) is 20.1 Å². The molecule has 3 rings (SSSR count).